The summed E-state index contributed by atoms with van der Waals surface area (Å²) in [6.45, 7) is 3.53. The van der Waals surface area contributed by atoms with Gasteiger partial charge in [0.05, 0.1) is 14.2 Å². The minimum Gasteiger partial charge on any atom is -0.507 e. The number of hydrogen-bond donors (Lipinski definition) is 1. The van der Waals surface area contributed by atoms with E-state index in [1.54, 1.807) is 40.2 Å². The van der Waals surface area contributed by atoms with Crippen molar-refractivity contribution in [2.45, 2.75) is 33.1 Å². The summed E-state index contributed by atoms with van der Waals surface area (Å²) in [6.07, 6.45) is 1.62. The lowest BCUT2D eigenvalue weighted by Crippen LogP contribution is -2.06. The summed E-state index contributed by atoms with van der Waals surface area (Å²) < 4.78 is 15.8. The summed E-state index contributed by atoms with van der Waals surface area (Å²) >= 11 is 0. The number of aryl methyl sites for hydroxylation is 3. The van der Waals surface area contributed by atoms with Crippen LogP contribution in [0.5, 0.6) is 23.0 Å². The highest BCUT2D eigenvalue weighted by Gasteiger charge is 2.11. The van der Waals surface area contributed by atoms with Gasteiger partial charge in [0.2, 0.25) is 0 Å². The number of ether oxygens (including phenoxy) is 3. The first-order chi connectivity index (χ1) is 12.0. The Labute approximate surface area is 148 Å². The number of aromatic hydroxyl groups is 1. The van der Waals surface area contributed by atoms with Crippen molar-refractivity contribution in [3.05, 3.63) is 47.0 Å². The highest BCUT2D eigenvalue weighted by atomic mass is 16.5. The molecule has 0 aliphatic rings. The molecule has 2 aromatic carbocycles. The molecule has 134 valence electrons. The van der Waals surface area contributed by atoms with Gasteiger partial charge in [-0.1, -0.05) is 13.0 Å². The van der Waals surface area contributed by atoms with Gasteiger partial charge in [-0.15, -0.1) is 0 Å². The van der Waals surface area contributed by atoms with E-state index in [9.17, 15) is 9.90 Å². The smallest absolute Gasteiger partial charge is 0.310 e. The van der Waals surface area contributed by atoms with Crippen LogP contribution in [0, 0.1) is 6.92 Å². The van der Waals surface area contributed by atoms with Crippen LogP contribution in [0.4, 0.5) is 0 Å². The van der Waals surface area contributed by atoms with Crippen LogP contribution in [-0.4, -0.2) is 25.3 Å². The number of carbonyl (C=O) groups excluding carboxylic acids is 1. The van der Waals surface area contributed by atoms with Crippen molar-refractivity contribution in [3.8, 4) is 23.0 Å². The summed E-state index contributed by atoms with van der Waals surface area (Å²) in [4.78, 5) is 11.5. The molecule has 2 aromatic rings. The molecule has 0 fully saturated rings. The molecule has 5 nitrogen and oxygen atoms in total. The molecule has 0 aliphatic carbocycles. The molecule has 1 N–H and O–H groups in total. The molecule has 25 heavy (non-hydrogen) atoms. The highest BCUT2D eigenvalue weighted by Crippen LogP contribution is 2.31. The zero-order chi connectivity index (χ0) is 18.4. The molecule has 0 heterocycles. The van der Waals surface area contributed by atoms with Crippen molar-refractivity contribution in [1.82, 2.24) is 0 Å². The predicted molar refractivity (Wildman–Crippen MR) is 95.7 cm³/mol. The summed E-state index contributed by atoms with van der Waals surface area (Å²) in [7, 11) is 3.20. The van der Waals surface area contributed by atoms with Gasteiger partial charge in [0.25, 0.3) is 0 Å². The average Bonchev–Trinajstić information content (AvgIpc) is 2.62. The van der Waals surface area contributed by atoms with E-state index in [1.165, 1.54) is 0 Å². The predicted octanol–water partition coefficient (Wildman–Crippen LogP) is 3.82. The van der Waals surface area contributed by atoms with E-state index in [0.717, 1.165) is 11.1 Å². The molecule has 0 spiro atoms. The number of hydrogen-bond acceptors (Lipinski definition) is 5. The van der Waals surface area contributed by atoms with Crippen LogP contribution in [0.15, 0.2) is 30.3 Å². The molecule has 0 aromatic heterocycles. The molecule has 0 bridgehead atoms. The van der Waals surface area contributed by atoms with Gasteiger partial charge in [0.1, 0.15) is 11.5 Å². The Hall–Kier alpha value is -2.69. The fraction of sp³-hybridized carbons (Fsp3) is 0.350. The van der Waals surface area contributed by atoms with Crippen molar-refractivity contribution in [1.29, 1.82) is 0 Å². The van der Waals surface area contributed by atoms with E-state index in [0.29, 0.717) is 42.1 Å². The van der Waals surface area contributed by atoms with Crippen LogP contribution in [0.2, 0.25) is 0 Å². The van der Waals surface area contributed by atoms with E-state index in [1.807, 2.05) is 18.2 Å². The minimum absolute atomic E-state index is 0.233. The molecule has 0 radical (unpaired) electrons. The van der Waals surface area contributed by atoms with Crippen LogP contribution in [0.3, 0.4) is 0 Å². The third-order valence-corrected chi connectivity index (χ3v) is 4.00. The number of carbonyl (C=O) groups is 1. The van der Waals surface area contributed by atoms with Crippen molar-refractivity contribution >= 4 is 5.97 Å². The van der Waals surface area contributed by atoms with Gasteiger partial charge in [-0.25, -0.2) is 0 Å². The lowest BCUT2D eigenvalue weighted by Gasteiger charge is -2.12. The number of esters is 1. The van der Waals surface area contributed by atoms with Gasteiger partial charge in [0.15, 0.2) is 11.5 Å². The van der Waals surface area contributed by atoms with Crippen molar-refractivity contribution in [2.24, 2.45) is 0 Å². The maximum Gasteiger partial charge on any atom is 0.310 e. The van der Waals surface area contributed by atoms with Gasteiger partial charge in [-0.05, 0) is 60.7 Å². The number of methoxy groups -OCH3 is 2. The number of phenols is 1. The normalized spacial score (nSPS) is 10.4. The Bertz CT molecular complexity index is 752. The van der Waals surface area contributed by atoms with Crippen molar-refractivity contribution in [2.75, 3.05) is 14.2 Å². The lowest BCUT2D eigenvalue weighted by molar-refractivity contribution is -0.134. The Morgan fingerprint density at radius 2 is 1.76 bits per heavy atom. The van der Waals surface area contributed by atoms with Crippen molar-refractivity contribution in [3.63, 3.8) is 0 Å². The van der Waals surface area contributed by atoms with Gasteiger partial charge < -0.3 is 19.3 Å². The molecule has 5 heteroatoms. The van der Waals surface area contributed by atoms with E-state index in [-0.39, 0.29) is 11.7 Å². The number of rotatable bonds is 7. The van der Waals surface area contributed by atoms with Gasteiger partial charge in [-0.2, -0.15) is 0 Å². The van der Waals surface area contributed by atoms with E-state index < -0.39 is 0 Å². The molecule has 2 rings (SSSR count). The van der Waals surface area contributed by atoms with E-state index >= 15 is 0 Å². The zero-order valence-electron chi connectivity index (χ0n) is 15.1. The lowest BCUT2D eigenvalue weighted by atomic mass is 10.0. The summed E-state index contributed by atoms with van der Waals surface area (Å²) in [5, 5.41) is 10.3. The molecular formula is C20H24O5. The fourth-order valence-corrected chi connectivity index (χ4v) is 2.59. The maximum atomic E-state index is 11.5. The largest absolute Gasteiger partial charge is 0.507 e. The molecule has 0 amide bonds. The van der Waals surface area contributed by atoms with Crippen LogP contribution < -0.4 is 14.2 Å². The first kappa shape index (κ1) is 18.6. The number of phenolic OH excluding ortho intramolecular Hbond substituents is 1. The second kappa shape index (κ2) is 8.42. The second-order valence-corrected chi connectivity index (χ2v) is 5.76. The Morgan fingerprint density at radius 3 is 2.40 bits per heavy atom. The van der Waals surface area contributed by atoms with E-state index in [2.05, 4.69) is 0 Å². The molecular weight excluding hydrogens is 320 g/mol. The Kier molecular flexibility index (Phi) is 6.28. The SMILES string of the molecule is CCC(=O)Oc1cc(C)c(O)c(CCc2ccc(OC)c(OC)c2)c1. The Morgan fingerprint density at radius 1 is 1.04 bits per heavy atom. The Balaban J connectivity index is 2.18. The average molecular weight is 344 g/mol. The van der Waals surface area contributed by atoms with Gasteiger partial charge in [0, 0.05) is 6.42 Å². The van der Waals surface area contributed by atoms with Crippen molar-refractivity contribution < 1.29 is 24.1 Å². The topological polar surface area (TPSA) is 65.0 Å². The van der Waals surface area contributed by atoms with Gasteiger partial charge in [-0.3, -0.25) is 4.79 Å². The third kappa shape index (κ3) is 4.66. The first-order valence-electron chi connectivity index (χ1n) is 8.22. The molecule has 0 unspecified atom stereocenters. The second-order valence-electron chi connectivity index (χ2n) is 5.76. The monoisotopic (exact) mass is 344 g/mol. The molecule has 0 atom stereocenters. The molecule has 0 aliphatic heterocycles. The van der Waals surface area contributed by atoms with Crippen LogP contribution in [-0.2, 0) is 17.6 Å². The number of benzene rings is 2. The van der Waals surface area contributed by atoms with E-state index in [4.69, 9.17) is 14.2 Å². The molecule has 0 saturated carbocycles. The third-order valence-electron chi connectivity index (χ3n) is 4.00. The quantitative estimate of drug-likeness (QED) is 0.611. The molecule has 0 saturated heterocycles. The van der Waals surface area contributed by atoms with Crippen LogP contribution >= 0.6 is 0 Å². The summed E-state index contributed by atoms with van der Waals surface area (Å²) in [6, 6.07) is 9.13. The first-order valence-corrected chi connectivity index (χ1v) is 8.22. The van der Waals surface area contributed by atoms with Crippen LogP contribution in [0.25, 0.3) is 0 Å². The highest BCUT2D eigenvalue weighted by molar-refractivity contribution is 5.72. The zero-order valence-corrected chi connectivity index (χ0v) is 15.1. The maximum absolute atomic E-state index is 11.5. The summed E-state index contributed by atoms with van der Waals surface area (Å²) in [5.41, 5.74) is 2.49. The fourth-order valence-electron chi connectivity index (χ4n) is 2.59. The standard InChI is InChI=1S/C20H24O5/c1-5-19(21)25-16-10-13(2)20(22)15(12-16)8-6-14-7-9-17(23-3)18(11-14)24-4/h7,9-12,22H,5-6,8H2,1-4H3. The van der Waals surface area contributed by atoms with Gasteiger partial charge >= 0.3 is 5.97 Å². The minimum atomic E-state index is -0.295. The van der Waals surface area contributed by atoms with Crippen LogP contribution in [0.1, 0.15) is 30.0 Å². The summed E-state index contributed by atoms with van der Waals surface area (Å²) in [5.74, 6) is 1.75.